The molecule has 0 bridgehead atoms. The Labute approximate surface area is 139 Å². The molecule has 0 unspecified atom stereocenters. The molecule has 0 radical (unpaired) electrons. The molecule has 0 saturated heterocycles. The molecule has 0 aliphatic carbocycles. The molecule has 0 aliphatic rings. The average Bonchev–Trinajstić information content (AvgIpc) is 2.48. The first kappa shape index (κ1) is 19.9. The van der Waals surface area contributed by atoms with E-state index in [1.807, 2.05) is 6.07 Å². The molecular weight excluding hydrogens is 346 g/mol. The van der Waals surface area contributed by atoms with Crippen LogP contribution in [0.3, 0.4) is 0 Å². The average molecular weight is 359 g/mol. The monoisotopic (exact) mass is 359 g/mol. The summed E-state index contributed by atoms with van der Waals surface area (Å²) in [6.45, 7) is 1.80. The lowest BCUT2D eigenvalue weighted by Crippen LogP contribution is -2.21. The molecule has 2 rings (SSSR count). The Kier molecular flexibility index (Phi) is 6.49. The highest BCUT2D eigenvalue weighted by molar-refractivity contribution is 5.92. The van der Waals surface area contributed by atoms with Gasteiger partial charge in [0, 0.05) is 5.56 Å². The van der Waals surface area contributed by atoms with Gasteiger partial charge in [-0.2, -0.15) is 13.2 Å². The highest BCUT2D eigenvalue weighted by Crippen LogP contribution is 2.31. The molecule has 0 spiro atoms. The van der Waals surface area contributed by atoms with Crippen LogP contribution in [-0.4, -0.2) is 28.5 Å². The summed E-state index contributed by atoms with van der Waals surface area (Å²) in [7, 11) is 0. The van der Waals surface area contributed by atoms with Gasteiger partial charge in [-0.05, 0) is 30.2 Å². The quantitative estimate of drug-likeness (QED) is 0.688. The fraction of sp³-hybridized carbons (Fsp3) is 0.125. The Balaban J connectivity index is 0.000000381. The maximum Gasteiger partial charge on any atom is 0.490 e. The molecule has 3 N–H and O–H groups in total. The fourth-order valence-electron chi connectivity index (χ4n) is 1.84. The largest absolute Gasteiger partial charge is 0.490 e. The number of benzene rings is 2. The molecule has 2 aromatic carbocycles. The number of rotatable bonds is 2. The molecule has 0 aliphatic heterocycles. The topological polar surface area (TPSA) is 86.6 Å². The molecule has 0 aromatic heterocycles. The van der Waals surface area contributed by atoms with Crippen LogP contribution in [0, 0.1) is 12.7 Å². The summed E-state index contributed by atoms with van der Waals surface area (Å²) in [6, 6.07) is 11.4. The van der Waals surface area contributed by atoms with Gasteiger partial charge in [-0.1, -0.05) is 30.3 Å². The molecule has 0 saturated carbocycles. The van der Waals surface area contributed by atoms with E-state index < -0.39 is 18.2 Å². The summed E-state index contributed by atoms with van der Waals surface area (Å²) >= 11 is 0. The maximum atomic E-state index is 13.2. The van der Waals surface area contributed by atoms with Crippen molar-refractivity contribution in [2.24, 2.45) is 0 Å². The van der Waals surface area contributed by atoms with Crippen molar-refractivity contribution in [2.45, 2.75) is 13.1 Å². The minimum Gasteiger partial charge on any atom is -0.475 e. The third-order valence-corrected chi connectivity index (χ3v) is 2.88. The van der Waals surface area contributed by atoms with Crippen molar-refractivity contribution in [3.63, 3.8) is 0 Å². The highest BCUT2D eigenvalue weighted by Gasteiger charge is 2.38. The molecule has 0 fully saturated rings. The van der Waals surface area contributed by atoms with Crippen molar-refractivity contribution in [1.82, 2.24) is 0 Å². The number of carbonyl (C=O) groups is 2. The smallest absolute Gasteiger partial charge is 0.475 e. The van der Waals surface area contributed by atoms with Crippen LogP contribution in [0.4, 0.5) is 28.0 Å². The van der Waals surface area contributed by atoms with Gasteiger partial charge in [-0.25, -0.2) is 14.0 Å². The zero-order chi connectivity index (χ0) is 19.2. The summed E-state index contributed by atoms with van der Waals surface area (Å²) in [4.78, 5) is 19.7. The first-order valence-electron chi connectivity index (χ1n) is 6.68. The first-order valence-corrected chi connectivity index (χ1v) is 6.68. The van der Waals surface area contributed by atoms with Crippen LogP contribution >= 0.6 is 0 Å². The molecule has 134 valence electrons. The predicted octanol–water partition coefficient (Wildman–Crippen LogP) is 4.52. The minimum atomic E-state index is -5.08. The Bertz CT molecular complexity index is 775. The van der Waals surface area contributed by atoms with Gasteiger partial charge in [-0.15, -0.1) is 0 Å². The van der Waals surface area contributed by atoms with Crippen LogP contribution in [-0.2, 0) is 4.79 Å². The number of amides is 1. The lowest BCUT2D eigenvalue weighted by atomic mass is 10.0. The summed E-state index contributed by atoms with van der Waals surface area (Å²) in [5, 5.41) is 18.3. The Morgan fingerprint density at radius 3 is 2.08 bits per heavy atom. The fourth-order valence-corrected chi connectivity index (χ4v) is 1.84. The first-order chi connectivity index (χ1) is 11.5. The van der Waals surface area contributed by atoms with E-state index in [4.69, 9.17) is 15.0 Å². The maximum absolute atomic E-state index is 13.2. The van der Waals surface area contributed by atoms with Crippen molar-refractivity contribution >= 4 is 17.7 Å². The summed E-state index contributed by atoms with van der Waals surface area (Å²) < 4.78 is 44.9. The number of para-hydroxylation sites is 1. The van der Waals surface area contributed by atoms with Gasteiger partial charge < -0.3 is 10.2 Å². The number of anilines is 1. The van der Waals surface area contributed by atoms with Crippen LogP contribution in [0.5, 0.6) is 0 Å². The molecule has 9 heteroatoms. The summed E-state index contributed by atoms with van der Waals surface area (Å²) in [5.74, 6) is -3.11. The predicted molar refractivity (Wildman–Crippen MR) is 81.9 cm³/mol. The van der Waals surface area contributed by atoms with E-state index in [0.717, 1.165) is 5.56 Å². The number of nitrogens with one attached hydrogen (secondary N) is 1. The second-order valence-corrected chi connectivity index (χ2v) is 4.74. The van der Waals surface area contributed by atoms with E-state index in [2.05, 4.69) is 5.32 Å². The Morgan fingerprint density at radius 2 is 1.60 bits per heavy atom. The molecule has 2 aromatic rings. The van der Waals surface area contributed by atoms with Gasteiger partial charge >= 0.3 is 18.2 Å². The SMILES string of the molecule is Cc1cccc(-c2cccc(F)c2)c1NC(=O)O.O=C(O)C(F)(F)F. The molecule has 5 nitrogen and oxygen atoms in total. The highest BCUT2D eigenvalue weighted by atomic mass is 19.4. The summed E-state index contributed by atoms with van der Waals surface area (Å²) in [6.07, 6.45) is -6.22. The van der Waals surface area contributed by atoms with Gasteiger partial charge in [-0.3, -0.25) is 5.32 Å². The van der Waals surface area contributed by atoms with Crippen LogP contribution in [0.25, 0.3) is 11.1 Å². The number of hydrogen-bond acceptors (Lipinski definition) is 2. The van der Waals surface area contributed by atoms with Crippen molar-refractivity contribution in [2.75, 3.05) is 5.32 Å². The molecule has 1 amide bonds. The van der Waals surface area contributed by atoms with Crippen molar-refractivity contribution < 1.29 is 37.4 Å². The number of alkyl halides is 3. The number of aryl methyl sites for hydroxylation is 1. The third kappa shape index (κ3) is 6.13. The molecule has 0 heterocycles. The van der Waals surface area contributed by atoms with Gasteiger partial charge in [0.2, 0.25) is 0 Å². The van der Waals surface area contributed by atoms with Crippen LogP contribution in [0.1, 0.15) is 5.56 Å². The van der Waals surface area contributed by atoms with E-state index in [-0.39, 0.29) is 5.82 Å². The van der Waals surface area contributed by atoms with Crippen LogP contribution in [0.15, 0.2) is 42.5 Å². The molecule has 0 atom stereocenters. The van der Waals surface area contributed by atoms with Crippen molar-refractivity contribution in [3.05, 3.63) is 53.8 Å². The summed E-state index contributed by atoms with van der Waals surface area (Å²) in [5.41, 5.74) is 2.58. The number of aliphatic carboxylic acids is 1. The zero-order valence-corrected chi connectivity index (χ0v) is 12.8. The lowest BCUT2D eigenvalue weighted by Gasteiger charge is -2.12. The minimum absolute atomic E-state index is 0.352. The van der Waals surface area contributed by atoms with Gasteiger partial charge in [0.25, 0.3) is 0 Å². The van der Waals surface area contributed by atoms with Gasteiger partial charge in [0.05, 0.1) is 5.69 Å². The van der Waals surface area contributed by atoms with E-state index in [9.17, 15) is 22.4 Å². The van der Waals surface area contributed by atoms with Crippen LogP contribution < -0.4 is 5.32 Å². The van der Waals surface area contributed by atoms with E-state index in [1.54, 1.807) is 31.2 Å². The standard InChI is InChI=1S/C14H12FNO2.C2HF3O2/c1-9-4-2-7-12(13(9)16-14(17)18)10-5-3-6-11(15)8-10;3-2(4,5)1(6)7/h2-8,16H,1H3,(H,17,18);(H,6,7). The molecular formula is C16H13F4NO4. The van der Waals surface area contributed by atoms with Crippen molar-refractivity contribution in [3.8, 4) is 11.1 Å². The van der Waals surface area contributed by atoms with E-state index >= 15 is 0 Å². The van der Waals surface area contributed by atoms with Crippen LogP contribution in [0.2, 0.25) is 0 Å². The Morgan fingerprint density at radius 1 is 1.04 bits per heavy atom. The van der Waals surface area contributed by atoms with E-state index in [1.165, 1.54) is 12.1 Å². The third-order valence-electron chi connectivity index (χ3n) is 2.88. The molecule has 25 heavy (non-hydrogen) atoms. The zero-order valence-electron chi connectivity index (χ0n) is 12.8. The second kappa shape index (κ2) is 8.13. The van der Waals surface area contributed by atoms with Gasteiger partial charge in [0.15, 0.2) is 0 Å². The number of halogens is 4. The van der Waals surface area contributed by atoms with Crippen molar-refractivity contribution in [1.29, 1.82) is 0 Å². The Hall–Kier alpha value is -3.10. The number of carboxylic acid groups (broad SMARTS) is 2. The second-order valence-electron chi connectivity index (χ2n) is 4.74. The van der Waals surface area contributed by atoms with Gasteiger partial charge in [0.1, 0.15) is 5.82 Å². The number of carboxylic acids is 1. The lowest BCUT2D eigenvalue weighted by molar-refractivity contribution is -0.192. The normalized spacial score (nSPS) is 10.4. The number of hydrogen-bond donors (Lipinski definition) is 3. The van der Waals surface area contributed by atoms with E-state index in [0.29, 0.717) is 16.8 Å².